The highest BCUT2D eigenvalue weighted by molar-refractivity contribution is 5.38. The van der Waals surface area contributed by atoms with Crippen molar-refractivity contribution in [2.24, 2.45) is 5.92 Å². The number of hydrogen-bond acceptors (Lipinski definition) is 2. The van der Waals surface area contributed by atoms with Crippen molar-refractivity contribution >= 4 is 0 Å². The lowest BCUT2D eigenvalue weighted by atomic mass is 9.85. The van der Waals surface area contributed by atoms with Gasteiger partial charge in [-0.2, -0.15) is 0 Å². The fourth-order valence-electron chi connectivity index (χ4n) is 3.17. The van der Waals surface area contributed by atoms with E-state index in [4.69, 9.17) is 4.74 Å². The molecule has 1 aromatic carbocycles. The Hall–Kier alpha value is -1.02. The van der Waals surface area contributed by atoms with E-state index in [9.17, 15) is 0 Å². The van der Waals surface area contributed by atoms with Crippen molar-refractivity contribution in [3.05, 3.63) is 29.3 Å². The summed E-state index contributed by atoms with van der Waals surface area (Å²) in [4.78, 5) is 0. The molecule has 19 heavy (non-hydrogen) atoms. The SMILES string of the molecule is COc1ccc(C)cc1C(C)NC1CCCCC1C. The smallest absolute Gasteiger partial charge is 0.123 e. The van der Waals surface area contributed by atoms with Gasteiger partial charge in [-0.1, -0.05) is 37.5 Å². The van der Waals surface area contributed by atoms with Crippen molar-refractivity contribution in [1.29, 1.82) is 0 Å². The van der Waals surface area contributed by atoms with Gasteiger partial charge in [-0.15, -0.1) is 0 Å². The van der Waals surface area contributed by atoms with E-state index in [-0.39, 0.29) is 0 Å². The topological polar surface area (TPSA) is 21.3 Å². The Morgan fingerprint density at radius 3 is 2.68 bits per heavy atom. The second-order valence-electron chi connectivity index (χ2n) is 6.00. The molecule has 1 aromatic rings. The third-order valence-electron chi connectivity index (χ3n) is 4.43. The monoisotopic (exact) mass is 261 g/mol. The molecule has 0 spiro atoms. The van der Waals surface area contributed by atoms with Gasteiger partial charge in [0.2, 0.25) is 0 Å². The molecule has 0 bridgehead atoms. The summed E-state index contributed by atoms with van der Waals surface area (Å²) in [5.74, 6) is 1.78. The maximum Gasteiger partial charge on any atom is 0.123 e. The molecule has 1 N–H and O–H groups in total. The van der Waals surface area contributed by atoms with Gasteiger partial charge in [0.15, 0.2) is 0 Å². The number of methoxy groups -OCH3 is 1. The minimum Gasteiger partial charge on any atom is -0.496 e. The molecular weight excluding hydrogens is 234 g/mol. The molecule has 0 aromatic heterocycles. The Balaban J connectivity index is 2.10. The molecule has 1 aliphatic carbocycles. The summed E-state index contributed by atoms with van der Waals surface area (Å²) in [7, 11) is 1.75. The summed E-state index contributed by atoms with van der Waals surface area (Å²) in [5, 5.41) is 3.81. The van der Waals surface area contributed by atoms with Crippen LogP contribution in [-0.4, -0.2) is 13.2 Å². The molecule has 106 valence electrons. The van der Waals surface area contributed by atoms with Crippen LogP contribution in [0.25, 0.3) is 0 Å². The summed E-state index contributed by atoms with van der Waals surface area (Å²) in [6, 6.07) is 7.42. The number of nitrogens with one attached hydrogen (secondary N) is 1. The number of hydrogen-bond donors (Lipinski definition) is 1. The minimum absolute atomic E-state index is 0.348. The number of benzene rings is 1. The molecular formula is C17H27NO. The van der Waals surface area contributed by atoms with E-state index >= 15 is 0 Å². The Labute approximate surface area is 117 Å². The highest BCUT2D eigenvalue weighted by atomic mass is 16.5. The Kier molecular flexibility index (Phi) is 4.87. The Morgan fingerprint density at radius 2 is 2.00 bits per heavy atom. The Morgan fingerprint density at radius 1 is 1.26 bits per heavy atom. The molecule has 0 radical (unpaired) electrons. The van der Waals surface area contributed by atoms with Crippen molar-refractivity contribution in [3.63, 3.8) is 0 Å². The average molecular weight is 261 g/mol. The van der Waals surface area contributed by atoms with Gasteiger partial charge in [-0.25, -0.2) is 0 Å². The van der Waals surface area contributed by atoms with Crippen LogP contribution in [0.5, 0.6) is 5.75 Å². The second kappa shape index (κ2) is 6.42. The van der Waals surface area contributed by atoms with Crippen LogP contribution in [0.3, 0.4) is 0 Å². The lowest BCUT2D eigenvalue weighted by molar-refractivity contribution is 0.261. The van der Waals surface area contributed by atoms with E-state index in [1.54, 1.807) is 7.11 Å². The van der Waals surface area contributed by atoms with Crippen molar-refractivity contribution in [1.82, 2.24) is 5.32 Å². The molecule has 0 amide bonds. The van der Waals surface area contributed by atoms with Crippen LogP contribution < -0.4 is 10.1 Å². The summed E-state index contributed by atoms with van der Waals surface area (Å²) in [5.41, 5.74) is 2.57. The van der Waals surface area contributed by atoms with Gasteiger partial charge in [0.1, 0.15) is 5.75 Å². The maximum atomic E-state index is 5.50. The van der Waals surface area contributed by atoms with Crippen LogP contribution in [0.2, 0.25) is 0 Å². The summed E-state index contributed by atoms with van der Waals surface area (Å²) in [6.07, 6.45) is 5.41. The van der Waals surface area contributed by atoms with Crippen LogP contribution in [-0.2, 0) is 0 Å². The molecule has 3 atom stereocenters. The van der Waals surface area contributed by atoms with Gasteiger partial charge in [-0.3, -0.25) is 0 Å². The zero-order valence-corrected chi connectivity index (χ0v) is 12.7. The van der Waals surface area contributed by atoms with Gasteiger partial charge in [-0.05, 0) is 38.7 Å². The summed E-state index contributed by atoms with van der Waals surface area (Å²) < 4.78 is 5.50. The van der Waals surface area contributed by atoms with E-state index in [1.807, 2.05) is 0 Å². The Bertz CT molecular complexity index is 416. The lowest BCUT2D eigenvalue weighted by Gasteiger charge is -2.32. The molecule has 0 heterocycles. The molecule has 1 fully saturated rings. The molecule has 2 nitrogen and oxygen atoms in total. The molecule has 2 rings (SSSR count). The van der Waals surface area contributed by atoms with Crippen LogP contribution in [0.15, 0.2) is 18.2 Å². The first-order valence-corrected chi connectivity index (χ1v) is 7.52. The minimum atomic E-state index is 0.348. The maximum absolute atomic E-state index is 5.50. The standard InChI is InChI=1S/C17H27NO/c1-12-9-10-17(19-4)15(11-12)14(3)18-16-8-6-5-7-13(16)2/h9-11,13-14,16,18H,5-8H2,1-4H3. The number of ether oxygens (including phenoxy) is 1. The van der Waals surface area contributed by atoms with Gasteiger partial charge in [0.25, 0.3) is 0 Å². The van der Waals surface area contributed by atoms with Crippen LogP contribution in [0.1, 0.15) is 56.7 Å². The molecule has 0 saturated heterocycles. The first-order valence-electron chi connectivity index (χ1n) is 7.52. The number of rotatable bonds is 4. The van der Waals surface area contributed by atoms with Crippen LogP contribution in [0, 0.1) is 12.8 Å². The second-order valence-corrected chi connectivity index (χ2v) is 6.00. The quantitative estimate of drug-likeness (QED) is 0.875. The predicted molar refractivity (Wildman–Crippen MR) is 80.7 cm³/mol. The van der Waals surface area contributed by atoms with Crippen molar-refractivity contribution in [2.75, 3.05) is 7.11 Å². The van der Waals surface area contributed by atoms with Gasteiger partial charge < -0.3 is 10.1 Å². The van der Waals surface area contributed by atoms with Crippen molar-refractivity contribution in [3.8, 4) is 5.75 Å². The molecule has 3 unspecified atom stereocenters. The normalized spacial score (nSPS) is 25.1. The van der Waals surface area contributed by atoms with E-state index in [1.165, 1.54) is 36.8 Å². The lowest BCUT2D eigenvalue weighted by Crippen LogP contribution is -2.38. The van der Waals surface area contributed by atoms with Crippen molar-refractivity contribution < 1.29 is 4.74 Å². The predicted octanol–water partition coefficient (Wildman–Crippen LogP) is 4.23. The highest BCUT2D eigenvalue weighted by Crippen LogP contribution is 2.30. The zero-order valence-electron chi connectivity index (χ0n) is 12.7. The summed E-state index contributed by atoms with van der Waals surface area (Å²) >= 11 is 0. The fraction of sp³-hybridized carbons (Fsp3) is 0.647. The molecule has 2 heteroatoms. The van der Waals surface area contributed by atoms with Gasteiger partial charge in [0.05, 0.1) is 7.11 Å². The largest absolute Gasteiger partial charge is 0.496 e. The third-order valence-corrected chi connectivity index (χ3v) is 4.43. The van der Waals surface area contributed by atoms with Gasteiger partial charge in [0, 0.05) is 17.6 Å². The average Bonchev–Trinajstić information content (AvgIpc) is 2.41. The first-order chi connectivity index (χ1) is 9.11. The summed E-state index contributed by atoms with van der Waals surface area (Å²) in [6.45, 7) is 6.76. The van der Waals surface area contributed by atoms with E-state index in [0.717, 1.165) is 11.7 Å². The molecule has 0 aliphatic heterocycles. The van der Waals surface area contributed by atoms with E-state index in [0.29, 0.717) is 12.1 Å². The highest BCUT2D eigenvalue weighted by Gasteiger charge is 2.23. The zero-order chi connectivity index (χ0) is 13.8. The fourth-order valence-corrected chi connectivity index (χ4v) is 3.17. The van der Waals surface area contributed by atoms with Gasteiger partial charge >= 0.3 is 0 Å². The first kappa shape index (κ1) is 14.4. The van der Waals surface area contributed by atoms with E-state index in [2.05, 4.69) is 44.3 Å². The van der Waals surface area contributed by atoms with Crippen LogP contribution >= 0.6 is 0 Å². The van der Waals surface area contributed by atoms with E-state index < -0.39 is 0 Å². The molecule has 1 aliphatic rings. The van der Waals surface area contributed by atoms with Crippen molar-refractivity contribution in [2.45, 2.75) is 58.5 Å². The van der Waals surface area contributed by atoms with Crippen LogP contribution in [0.4, 0.5) is 0 Å². The number of aryl methyl sites for hydroxylation is 1. The molecule has 1 saturated carbocycles. The third kappa shape index (κ3) is 3.50.